The molecule has 0 aliphatic heterocycles. The molecule has 2 atom stereocenters. The number of esters is 2. The lowest BCUT2D eigenvalue weighted by molar-refractivity contribution is -0.166. The molecule has 76 valence electrons. The molecule has 0 aliphatic carbocycles. The highest BCUT2D eigenvalue weighted by molar-refractivity contribution is 5.87. The molecule has 0 saturated carbocycles. The van der Waals surface area contributed by atoms with Gasteiger partial charge in [-0.2, -0.15) is 0 Å². The lowest BCUT2D eigenvalue weighted by atomic mass is 10.3. The van der Waals surface area contributed by atoms with Gasteiger partial charge in [-0.15, -0.1) is 0 Å². The van der Waals surface area contributed by atoms with Crippen LogP contribution in [0.15, 0.2) is 0 Å². The summed E-state index contributed by atoms with van der Waals surface area (Å²) in [6, 6.07) is 0. The highest BCUT2D eigenvalue weighted by Gasteiger charge is 2.18. The van der Waals surface area contributed by atoms with Crippen molar-refractivity contribution in [1.29, 1.82) is 0 Å². The predicted molar refractivity (Wildman–Crippen MR) is 43.7 cm³/mol. The van der Waals surface area contributed by atoms with Gasteiger partial charge in [0.25, 0.3) is 0 Å². The molecule has 13 heavy (non-hydrogen) atoms. The van der Waals surface area contributed by atoms with Gasteiger partial charge in [-0.25, -0.2) is 4.79 Å². The van der Waals surface area contributed by atoms with Crippen LogP contribution in [0.1, 0.15) is 26.7 Å². The Morgan fingerprint density at radius 1 is 1.38 bits per heavy atom. The largest absolute Gasteiger partial charge is 0.393 e. The molecule has 0 spiro atoms. The molecule has 0 amide bonds. The van der Waals surface area contributed by atoms with E-state index in [9.17, 15) is 9.59 Å². The van der Waals surface area contributed by atoms with Crippen molar-refractivity contribution in [3.05, 3.63) is 0 Å². The first-order valence-corrected chi connectivity index (χ1v) is 4.08. The summed E-state index contributed by atoms with van der Waals surface area (Å²) in [6.45, 7) is 2.99. The van der Waals surface area contributed by atoms with Gasteiger partial charge in [-0.3, -0.25) is 4.79 Å². The Kier molecular flexibility index (Phi) is 5.25. The fraction of sp³-hybridized carbons (Fsp3) is 0.750. The lowest BCUT2D eigenvalue weighted by Gasteiger charge is -2.07. The smallest absolute Gasteiger partial charge is 0.342 e. The Morgan fingerprint density at radius 3 is 2.31 bits per heavy atom. The quantitative estimate of drug-likeness (QED) is 0.465. The van der Waals surface area contributed by atoms with E-state index in [1.54, 1.807) is 6.92 Å². The molecule has 0 saturated heterocycles. The van der Waals surface area contributed by atoms with Crippen molar-refractivity contribution in [3.8, 4) is 0 Å². The van der Waals surface area contributed by atoms with E-state index >= 15 is 0 Å². The van der Waals surface area contributed by atoms with Crippen molar-refractivity contribution >= 4 is 11.9 Å². The van der Waals surface area contributed by atoms with E-state index in [0.29, 0.717) is 0 Å². The molecule has 0 aliphatic rings. The van der Waals surface area contributed by atoms with Crippen LogP contribution in [0.4, 0.5) is 0 Å². The highest BCUT2D eigenvalue weighted by atomic mass is 16.6. The monoisotopic (exact) mass is 190 g/mol. The molecule has 0 bridgehead atoms. The van der Waals surface area contributed by atoms with Crippen LogP contribution in [0.2, 0.25) is 0 Å². The van der Waals surface area contributed by atoms with Gasteiger partial charge < -0.3 is 14.9 Å². The van der Waals surface area contributed by atoms with Crippen LogP contribution in [0.25, 0.3) is 0 Å². The third-order valence-electron chi connectivity index (χ3n) is 1.34. The molecule has 0 aromatic carbocycles. The van der Waals surface area contributed by atoms with Crippen LogP contribution in [0.3, 0.4) is 0 Å². The number of carbonyl (C=O) groups is 2. The first kappa shape index (κ1) is 12.1. The Labute approximate surface area is 76.3 Å². The molecule has 0 aromatic rings. The van der Waals surface area contributed by atoms with Crippen molar-refractivity contribution in [3.63, 3.8) is 0 Å². The van der Waals surface area contributed by atoms with E-state index in [1.807, 2.05) is 0 Å². The third-order valence-corrected chi connectivity index (χ3v) is 1.34. The van der Waals surface area contributed by atoms with Crippen LogP contribution in [-0.2, 0) is 14.3 Å². The molecule has 1 unspecified atom stereocenters. The molecule has 0 rings (SSSR count). The van der Waals surface area contributed by atoms with Crippen molar-refractivity contribution in [1.82, 2.24) is 0 Å². The van der Waals surface area contributed by atoms with E-state index in [1.165, 1.54) is 6.92 Å². The number of ether oxygens (including phenoxy) is 1. The molecule has 0 heterocycles. The average Bonchev–Trinajstić information content (AvgIpc) is 2.01. The zero-order chi connectivity index (χ0) is 10.4. The van der Waals surface area contributed by atoms with Gasteiger partial charge in [0, 0.05) is 0 Å². The zero-order valence-electron chi connectivity index (χ0n) is 7.69. The van der Waals surface area contributed by atoms with Gasteiger partial charge in [0.15, 0.2) is 6.10 Å². The van der Waals surface area contributed by atoms with Crippen LogP contribution < -0.4 is 0 Å². The number of aliphatic hydroxyl groups is 2. The number of hydrogen-bond donors (Lipinski definition) is 2. The summed E-state index contributed by atoms with van der Waals surface area (Å²) in [6.07, 6.45) is -2.17. The minimum absolute atomic E-state index is 0.195. The van der Waals surface area contributed by atoms with E-state index in [4.69, 9.17) is 10.2 Å². The summed E-state index contributed by atoms with van der Waals surface area (Å²) >= 11 is 0. The number of carbonyl (C=O) groups excluding carboxylic acids is 2. The summed E-state index contributed by atoms with van der Waals surface area (Å²) in [5.74, 6) is -1.79. The van der Waals surface area contributed by atoms with Gasteiger partial charge in [-0.1, -0.05) is 6.92 Å². The van der Waals surface area contributed by atoms with Crippen LogP contribution in [0, 0.1) is 0 Å². The zero-order valence-corrected chi connectivity index (χ0v) is 7.69. The van der Waals surface area contributed by atoms with Crippen LogP contribution in [0.5, 0.6) is 0 Å². The highest BCUT2D eigenvalue weighted by Crippen LogP contribution is 1.98. The first-order chi connectivity index (χ1) is 5.97. The second-order valence-electron chi connectivity index (χ2n) is 2.77. The SMILES string of the molecule is CC[C@@H](O)C(=O)OC(=O)CC(C)O. The molecular weight excluding hydrogens is 176 g/mol. The predicted octanol–water partition coefficient (Wildman–Crippen LogP) is -0.402. The Balaban J connectivity index is 3.85. The summed E-state index contributed by atoms with van der Waals surface area (Å²) < 4.78 is 4.23. The van der Waals surface area contributed by atoms with E-state index < -0.39 is 24.1 Å². The van der Waals surface area contributed by atoms with Gasteiger partial charge in [0.05, 0.1) is 12.5 Å². The Hall–Kier alpha value is -0.940. The Morgan fingerprint density at radius 2 is 1.92 bits per heavy atom. The minimum Gasteiger partial charge on any atom is -0.393 e. The maximum atomic E-state index is 10.8. The van der Waals surface area contributed by atoms with Crippen LogP contribution in [-0.4, -0.2) is 34.4 Å². The number of aliphatic hydroxyl groups excluding tert-OH is 2. The summed E-state index contributed by atoms with van der Waals surface area (Å²) in [7, 11) is 0. The maximum absolute atomic E-state index is 10.8. The number of rotatable bonds is 4. The summed E-state index contributed by atoms with van der Waals surface area (Å²) in [5.41, 5.74) is 0. The molecule has 5 heteroatoms. The molecule has 0 radical (unpaired) electrons. The second kappa shape index (κ2) is 5.66. The van der Waals surface area contributed by atoms with Gasteiger partial charge in [0.2, 0.25) is 0 Å². The van der Waals surface area contributed by atoms with Gasteiger partial charge >= 0.3 is 11.9 Å². The maximum Gasteiger partial charge on any atom is 0.342 e. The average molecular weight is 190 g/mol. The lowest BCUT2D eigenvalue weighted by Crippen LogP contribution is -2.26. The van der Waals surface area contributed by atoms with E-state index in [0.717, 1.165) is 0 Å². The Bertz CT molecular complexity index is 187. The van der Waals surface area contributed by atoms with Gasteiger partial charge in [0.1, 0.15) is 0 Å². The fourth-order valence-electron chi connectivity index (χ4n) is 0.630. The van der Waals surface area contributed by atoms with E-state index in [2.05, 4.69) is 4.74 Å². The molecule has 5 nitrogen and oxygen atoms in total. The normalized spacial score (nSPS) is 14.8. The molecular formula is C8H14O5. The van der Waals surface area contributed by atoms with Gasteiger partial charge in [-0.05, 0) is 13.3 Å². The van der Waals surface area contributed by atoms with Crippen LogP contribution >= 0.6 is 0 Å². The molecule has 0 fully saturated rings. The number of hydrogen-bond acceptors (Lipinski definition) is 5. The van der Waals surface area contributed by atoms with Crippen molar-refractivity contribution in [2.45, 2.75) is 38.9 Å². The first-order valence-electron chi connectivity index (χ1n) is 4.08. The van der Waals surface area contributed by atoms with Crippen molar-refractivity contribution in [2.75, 3.05) is 0 Å². The summed E-state index contributed by atoms with van der Waals surface area (Å²) in [4.78, 5) is 21.6. The van der Waals surface area contributed by atoms with E-state index in [-0.39, 0.29) is 12.8 Å². The third kappa shape index (κ3) is 5.32. The minimum atomic E-state index is -1.27. The standard InChI is InChI=1S/C8H14O5/c1-3-6(10)8(12)13-7(11)4-5(2)9/h5-6,9-10H,3-4H2,1-2H3/t5?,6-/m1/s1. The molecule has 2 N–H and O–H groups in total. The fourth-order valence-corrected chi connectivity index (χ4v) is 0.630. The van der Waals surface area contributed by atoms with Crippen molar-refractivity contribution < 1.29 is 24.5 Å². The topological polar surface area (TPSA) is 83.8 Å². The van der Waals surface area contributed by atoms with Crippen molar-refractivity contribution in [2.24, 2.45) is 0 Å². The summed E-state index contributed by atoms with van der Waals surface area (Å²) in [5, 5.41) is 17.7. The second-order valence-corrected chi connectivity index (χ2v) is 2.77. The molecule has 0 aromatic heterocycles.